The Balaban J connectivity index is 2.18. The topological polar surface area (TPSA) is 75.3 Å². The van der Waals surface area contributed by atoms with Crippen LogP contribution in [0, 0.1) is 0 Å². The van der Waals surface area contributed by atoms with Crippen molar-refractivity contribution in [1.82, 2.24) is 5.43 Å². The van der Waals surface area contributed by atoms with Crippen LogP contribution in [0.25, 0.3) is 10.8 Å². The number of phenols is 1. The molecule has 0 aromatic heterocycles. The minimum absolute atomic E-state index is 0.175. The van der Waals surface area contributed by atoms with Gasteiger partial charge in [0.05, 0.1) is 0 Å². The minimum atomic E-state index is -0.175. The van der Waals surface area contributed by atoms with Crippen LogP contribution in [0.5, 0.6) is 5.75 Å². The summed E-state index contributed by atoms with van der Waals surface area (Å²) >= 11 is 1.57. The van der Waals surface area contributed by atoms with Gasteiger partial charge >= 0.3 is 0 Å². The van der Waals surface area contributed by atoms with Crippen LogP contribution in [-0.2, 0) is 4.79 Å². The summed E-state index contributed by atoms with van der Waals surface area (Å²) in [6.07, 6.45) is 0.371. The van der Waals surface area contributed by atoms with E-state index in [9.17, 15) is 9.90 Å². The zero-order chi connectivity index (χ0) is 13.0. The van der Waals surface area contributed by atoms with Crippen molar-refractivity contribution in [3.63, 3.8) is 0 Å². The third-order valence-electron chi connectivity index (χ3n) is 2.61. The summed E-state index contributed by atoms with van der Waals surface area (Å²) in [5.41, 5.74) is 2.11. The number of fused-ring (bicyclic) bond motifs is 1. The van der Waals surface area contributed by atoms with E-state index >= 15 is 0 Å². The molecule has 0 spiro atoms. The van der Waals surface area contributed by atoms with E-state index in [1.54, 1.807) is 17.8 Å². The zero-order valence-corrected chi connectivity index (χ0v) is 10.5. The van der Waals surface area contributed by atoms with Gasteiger partial charge in [-0.1, -0.05) is 24.3 Å². The van der Waals surface area contributed by atoms with Crippen molar-refractivity contribution in [1.29, 1.82) is 0 Å². The number of aromatic hydroxyl groups is 1. The third kappa shape index (κ3) is 2.75. The van der Waals surface area contributed by atoms with E-state index in [1.807, 2.05) is 30.3 Å². The fourth-order valence-corrected chi connectivity index (χ4v) is 2.71. The standard InChI is InChI=1S/C13H14N2O2S/c14-15-13(17)7-8-18-12-6-5-11(16)9-3-1-2-4-10(9)12/h1-6,16H,7-8,14H2,(H,15,17). The number of nitrogens with two attached hydrogens (primary N) is 1. The lowest BCUT2D eigenvalue weighted by molar-refractivity contribution is -0.120. The van der Waals surface area contributed by atoms with Gasteiger partial charge in [-0.05, 0) is 17.5 Å². The molecule has 2 aromatic carbocycles. The SMILES string of the molecule is NNC(=O)CCSc1ccc(O)c2ccccc12. The van der Waals surface area contributed by atoms with Crippen molar-refractivity contribution in [3.8, 4) is 5.75 Å². The number of thioether (sulfide) groups is 1. The molecule has 1 amide bonds. The summed E-state index contributed by atoms with van der Waals surface area (Å²) in [7, 11) is 0. The number of rotatable bonds is 4. The van der Waals surface area contributed by atoms with Crippen molar-refractivity contribution in [2.75, 3.05) is 5.75 Å². The molecule has 0 unspecified atom stereocenters. The highest BCUT2D eigenvalue weighted by molar-refractivity contribution is 7.99. The highest BCUT2D eigenvalue weighted by Gasteiger charge is 2.06. The lowest BCUT2D eigenvalue weighted by Gasteiger charge is -2.07. The lowest BCUT2D eigenvalue weighted by Crippen LogP contribution is -2.30. The van der Waals surface area contributed by atoms with Crippen molar-refractivity contribution in [2.24, 2.45) is 5.84 Å². The number of hydrogen-bond donors (Lipinski definition) is 3. The maximum absolute atomic E-state index is 11.0. The molecule has 0 radical (unpaired) electrons. The first-order valence-corrected chi connectivity index (χ1v) is 6.54. The number of hydrogen-bond acceptors (Lipinski definition) is 4. The Labute approximate surface area is 109 Å². The van der Waals surface area contributed by atoms with Gasteiger partial charge in [-0.3, -0.25) is 10.2 Å². The van der Waals surface area contributed by atoms with Crippen LogP contribution in [0.3, 0.4) is 0 Å². The Bertz CT molecular complexity index is 572. The molecule has 2 rings (SSSR count). The highest BCUT2D eigenvalue weighted by atomic mass is 32.2. The monoisotopic (exact) mass is 262 g/mol. The molecule has 0 saturated carbocycles. The number of carbonyl (C=O) groups excluding carboxylic acids is 1. The third-order valence-corrected chi connectivity index (χ3v) is 3.68. The first-order chi connectivity index (χ1) is 8.72. The average molecular weight is 262 g/mol. The fourth-order valence-electron chi connectivity index (χ4n) is 1.71. The highest BCUT2D eigenvalue weighted by Crippen LogP contribution is 2.33. The van der Waals surface area contributed by atoms with Crippen molar-refractivity contribution in [2.45, 2.75) is 11.3 Å². The molecule has 18 heavy (non-hydrogen) atoms. The predicted octanol–water partition coefficient (Wildman–Crippen LogP) is 2.02. The molecule has 0 heterocycles. The summed E-state index contributed by atoms with van der Waals surface area (Å²) in [5, 5.41) is 11.6. The second-order valence-electron chi connectivity index (χ2n) is 3.79. The van der Waals surface area contributed by atoms with Gasteiger partial charge < -0.3 is 5.11 Å². The second-order valence-corrected chi connectivity index (χ2v) is 4.93. The average Bonchev–Trinajstić information content (AvgIpc) is 2.41. The second kappa shape index (κ2) is 5.75. The van der Waals surface area contributed by atoms with Gasteiger partial charge in [0.2, 0.25) is 5.91 Å². The van der Waals surface area contributed by atoms with Crippen LogP contribution in [0.2, 0.25) is 0 Å². The molecule has 0 atom stereocenters. The quantitative estimate of drug-likeness (QED) is 0.341. The summed E-state index contributed by atoms with van der Waals surface area (Å²) in [6, 6.07) is 11.2. The van der Waals surface area contributed by atoms with Crippen LogP contribution in [-0.4, -0.2) is 16.8 Å². The number of hydrazine groups is 1. The molecule has 2 aromatic rings. The molecule has 94 valence electrons. The Morgan fingerprint density at radius 1 is 1.22 bits per heavy atom. The Hall–Kier alpha value is -1.72. The summed E-state index contributed by atoms with van der Waals surface area (Å²) in [6.45, 7) is 0. The molecule has 0 fully saturated rings. The zero-order valence-electron chi connectivity index (χ0n) is 9.72. The van der Waals surface area contributed by atoms with Crippen LogP contribution in [0.4, 0.5) is 0 Å². The molecule has 0 aliphatic heterocycles. The van der Waals surface area contributed by atoms with Crippen LogP contribution in [0.15, 0.2) is 41.3 Å². The number of phenolic OH excluding ortho intramolecular Hbond substituents is 1. The van der Waals surface area contributed by atoms with E-state index in [0.29, 0.717) is 12.2 Å². The first-order valence-electron chi connectivity index (χ1n) is 5.55. The van der Waals surface area contributed by atoms with Crippen molar-refractivity contribution < 1.29 is 9.90 Å². The van der Waals surface area contributed by atoms with E-state index in [4.69, 9.17) is 5.84 Å². The maximum Gasteiger partial charge on any atom is 0.234 e. The minimum Gasteiger partial charge on any atom is -0.507 e. The maximum atomic E-state index is 11.0. The number of carbonyl (C=O) groups is 1. The molecule has 5 heteroatoms. The van der Waals surface area contributed by atoms with E-state index in [0.717, 1.165) is 15.7 Å². The Morgan fingerprint density at radius 2 is 1.94 bits per heavy atom. The summed E-state index contributed by atoms with van der Waals surface area (Å²) < 4.78 is 0. The summed E-state index contributed by atoms with van der Waals surface area (Å²) in [4.78, 5) is 12.1. The molecule has 4 nitrogen and oxygen atoms in total. The number of nitrogens with one attached hydrogen (secondary N) is 1. The van der Waals surface area contributed by atoms with Gasteiger partial charge in [0.25, 0.3) is 0 Å². The van der Waals surface area contributed by atoms with Crippen molar-refractivity contribution >= 4 is 28.4 Å². The normalized spacial score (nSPS) is 10.5. The van der Waals surface area contributed by atoms with Crippen LogP contribution >= 0.6 is 11.8 Å². The van der Waals surface area contributed by atoms with Gasteiger partial charge in [0, 0.05) is 22.5 Å². The van der Waals surface area contributed by atoms with Crippen LogP contribution in [0.1, 0.15) is 6.42 Å². The molecule has 0 bridgehead atoms. The fraction of sp³-hybridized carbons (Fsp3) is 0.154. The van der Waals surface area contributed by atoms with Gasteiger partial charge in [0.15, 0.2) is 0 Å². The van der Waals surface area contributed by atoms with Gasteiger partial charge in [-0.2, -0.15) is 0 Å². The van der Waals surface area contributed by atoms with E-state index in [-0.39, 0.29) is 11.7 Å². The van der Waals surface area contributed by atoms with E-state index in [2.05, 4.69) is 5.43 Å². The van der Waals surface area contributed by atoms with Crippen molar-refractivity contribution in [3.05, 3.63) is 36.4 Å². The largest absolute Gasteiger partial charge is 0.507 e. The molecule has 0 saturated heterocycles. The predicted molar refractivity (Wildman–Crippen MR) is 73.3 cm³/mol. The Kier molecular flexibility index (Phi) is 4.07. The van der Waals surface area contributed by atoms with E-state index < -0.39 is 0 Å². The smallest absolute Gasteiger partial charge is 0.234 e. The van der Waals surface area contributed by atoms with Gasteiger partial charge in [-0.25, -0.2) is 5.84 Å². The van der Waals surface area contributed by atoms with Crippen LogP contribution < -0.4 is 11.3 Å². The molecular weight excluding hydrogens is 248 g/mol. The lowest BCUT2D eigenvalue weighted by atomic mass is 10.1. The molecule has 4 N–H and O–H groups in total. The number of amides is 1. The summed E-state index contributed by atoms with van der Waals surface area (Å²) in [5.74, 6) is 5.77. The Morgan fingerprint density at radius 3 is 2.67 bits per heavy atom. The molecular formula is C13H14N2O2S. The molecule has 0 aliphatic rings. The van der Waals surface area contributed by atoms with E-state index in [1.165, 1.54) is 0 Å². The molecule has 0 aliphatic carbocycles. The number of benzene rings is 2. The van der Waals surface area contributed by atoms with Gasteiger partial charge in [-0.15, -0.1) is 11.8 Å². The first kappa shape index (κ1) is 12.7. The van der Waals surface area contributed by atoms with Gasteiger partial charge in [0.1, 0.15) is 5.75 Å².